The number of nitrogens with zero attached hydrogens (tertiary/aromatic N) is 4. The summed E-state index contributed by atoms with van der Waals surface area (Å²) < 4.78 is 5.59. The molecule has 3 heterocycles. The van der Waals surface area contributed by atoms with E-state index in [1.807, 2.05) is 19.1 Å². The van der Waals surface area contributed by atoms with Crippen LogP contribution in [0.5, 0.6) is 0 Å². The van der Waals surface area contributed by atoms with Gasteiger partial charge in [-0.2, -0.15) is 0 Å². The summed E-state index contributed by atoms with van der Waals surface area (Å²) in [5.74, 6) is 1.78. The third-order valence-corrected chi connectivity index (χ3v) is 4.78. The van der Waals surface area contributed by atoms with E-state index in [4.69, 9.17) is 9.72 Å². The van der Waals surface area contributed by atoms with Crippen molar-refractivity contribution in [3.8, 4) is 11.4 Å². The highest BCUT2D eigenvalue weighted by atomic mass is 16.5. The Bertz CT molecular complexity index is 668. The van der Waals surface area contributed by atoms with Gasteiger partial charge in [0.05, 0.1) is 12.1 Å². The maximum atomic E-state index is 5.59. The molecule has 5 nitrogen and oxygen atoms in total. The second-order valence-corrected chi connectivity index (χ2v) is 6.59. The zero-order valence-corrected chi connectivity index (χ0v) is 14.8. The monoisotopic (exact) mass is 326 g/mol. The summed E-state index contributed by atoms with van der Waals surface area (Å²) in [5, 5.41) is 0. The lowest BCUT2D eigenvalue weighted by Gasteiger charge is -2.39. The Balaban J connectivity index is 2.00. The highest BCUT2D eigenvalue weighted by Crippen LogP contribution is 2.37. The molecule has 0 amide bonds. The van der Waals surface area contributed by atoms with E-state index >= 15 is 0 Å². The van der Waals surface area contributed by atoms with Crippen LogP contribution in [0.1, 0.15) is 38.3 Å². The van der Waals surface area contributed by atoms with E-state index in [-0.39, 0.29) is 5.54 Å². The van der Waals surface area contributed by atoms with Gasteiger partial charge in [-0.05, 0) is 38.3 Å². The molecular weight excluding hydrogens is 300 g/mol. The van der Waals surface area contributed by atoms with Gasteiger partial charge in [-0.25, -0.2) is 9.97 Å². The van der Waals surface area contributed by atoms with E-state index < -0.39 is 0 Å². The van der Waals surface area contributed by atoms with Crippen LogP contribution in [0, 0.1) is 6.92 Å². The molecule has 0 aliphatic carbocycles. The minimum Gasteiger partial charge on any atom is -0.382 e. The third kappa shape index (κ3) is 3.26. The quantitative estimate of drug-likeness (QED) is 0.811. The highest BCUT2D eigenvalue weighted by molar-refractivity contribution is 5.58. The summed E-state index contributed by atoms with van der Waals surface area (Å²) in [6.45, 7) is 6.04. The first-order chi connectivity index (χ1) is 11.7. The van der Waals surface area contributed by atoms with Crippen LogP contribution in [-0.2, 0) is 4.74 Å². The molecule has 2 aromatic heterocycles. The molecule has 5 heteroatoms. The number of anilines is 1. The van der Waals surface area contributed by atoms with Crippen LogP contribution in [0.3, 0.4) is 0 Å². The minimum atomic E-state index is 0.0554. The molecule has 128 valence electrons. The third-order valence-electron chi connectivity index (χ3n) is 4.78. The van der Waals surface area contributed by atoms with Crippen LogP contribution < -0.4 is 4.90 Å². The van der Waals surface area contributed by atoms with Crippen LogP contribution in [0.15, 0.2) is 30.6 Å². The SMILES string of the molecule is CCCC1(COC)CCCN1c1cc(C)nc(-c2ccncc2)n1. The van der Waals surface area contributed by atoms with Gasteiger partial charge in [-0.15, -0.1) is 0 Å². The number of hydrogen-bond donors (Lipinski definition) is 0. The van der Waals surface area contributed by atoms with Crippen molar-refractivity contribution in [2.24, 2.45) is 0 Å². The zero-order chi connectivity index (χ0) is 17.0. The van der Waals surface area contributed by atoms with Crippen LogP contribution in [0.2, 0.25) is 0 Å². The molecule has 0 aromatic carbocycles. The van der Waals surface area contributed by atoms with E-state index in [1.54, 1.807) is 19.5 Å². The molecule has 0 spiro atoms. The fraction of sp³-hybridized carbons (Fsp3) is 0.526. The van der Waals surface area contributed by atoms with E-state index in [9.17, 15) is 0 Å². The first kappa shape index (κ1) is 16.8. The lowest BCUT2D eigenvalue weighted by molar-refractivity contribution is 0.127. The van der Waals surface area contributed by atoms with Gasteiger partial charge in [-0.1, -0.05) is 13.3 Å². The number of pyridine rings is 1. The van der Waals surface area contributed by atoms with Gasteiger partial charge in [0, 0.05) is 43.4 Å². The second-order valence-electron chi connectivity index (χ2n) is 6.59. The molecule has 3 rings (SSSR count). The number of aryl methyl sites for hydroxylation is 1. The van der Waals surface area contributed by atoms with Gasteiger partial charge < -0.3 is 9.64 Å². The summed E-state index contributed by atoms with van der Waals surface area (Å²) in [5.41, 5.74) is 2.04. The number of aromatic nitrogens is 3. The summed E-state index contributed by atoms with van der Waals surface area (Å²) in [6.07, 6.45) is 8.15. The van der Waals surface area contributed by atoms with Crippen molar-refractivity contribution in [3.63, 3.8) is 0 Å². The molecular formula is C19H26N4O. The van der Waals surface area contributed by atoms with Crippen molar-refractivity contribution in [2.45, 2.75) is 45.1 Å². The average molecular weight is 326 g/mol. The lowest BCUT2D eigenvalue weighted by atomic mass is 9.91. The fourth-order valence-electron chi connectivity index (χ4n) is 3.83. The molecule has 1 saturated heterocycles. The van der Waals surface area contributed by atoms with E-state index in [2.05, 4.69) is 27.9 Å². The topological polar surface area (TPSA) is 51.1 Å². The Morgan fingerprint density at radius 1 is 1.25 bits per heavy atom. The smallest absolute Gasteiger partial charge is 0.161 e. The standard InChI is InChI=1S/C19H26N4O/c1-4-8-19(14-24-3)9-5-12-23(19)17-13-15(2)21-18(22-17)16-6-10-20-11-7-16/h6-7,10-11,13H,4-5,8-9,12,14H2,1-3H3. The van der Waals surface area contributed by atoms with Gasteiger partial charge in [0.15, 0.2) is 5.82 Å². The van der Waals surface area contributed by atoms with Crippen LogP contribution >= 0.6 is 0 Å². The summed E-state index contributed by atoms with van der Waals surface area (Å²) in [6, 6.07) is 6.00. The molecule has 24 heavy (non-hydrogen) atoms. The predicted octanol–water partition coefficient (Wildman–Crippen LogP) is 3.63. The Hall–Kier alpha value is -2.01. The molecule has 0 saturated carbocycles. The van der Waals surface area contributed by atoms with Crippen molar-refractivity contribution in [3.05, 3.63) is 36.3 Å². The van der Waals surface area contributed by atoms with E-state index in [0.29, 0.717) is 0 Å². The van der Waals surface area contributed by atoms with Crippen molar-refractivity contribution >= 4 is 5.82 Å². The number of rotatable bonds is 6. The molecule has 1 aliphatic rings. The van der Waals surface area contributed by atoms with E-state index in [1.165, 1.54) is 6.42 Å². The molecule has 2 aromatic rings. The molecule has 1 unspecified atom stereocenters. The maximum absolute atomic E-state index is 5.59. The molecule has 0 bridgehead atoms. The summed E-state index contributed by atoms with van der Waals surface area (Å²) in [4.78, 5) is 16.0. The molecule has 0 N–H and O–H groups in total. The molecule has 1 aliphatic heterocycles. The second kappa shape index (κ2) is 7.26. The Morgan fingerprint density at radius 3 is 2.75 bits per heavy atom. The molecule has 1 fully saturated rings. The number of ether oxygens (including phenoxy) is 1. The zero-order valence-electron chi connectivity index (χ0n) is 14.8. The molecule has 1 atom stereocenters. The van der Waals surface area contributed by atoms with Crippen molar-refractivity contribution in [1.29, 1.82) is 0 Å². The van der Waals surface area contributed by atoms with Crippen molar-refractivity contribution < 1.29 is 4.74 Å². The molecule has 0 radical (unpaired) electrons. The number of hydrogen-bond acceptors (Lipinski definition) is 5. The minimum absolute atomic E-state index is 0.0554. The van der Waals surface area contributed by atoms with E-state index in [0.717, 1.165) is 55.3 Å². The fourth-order valence-corrected chi connectivity index (χ4v) is 3.83. The van der Waals surface area contributed by atoms with Crippen LogP contribution in [-0.4, -0.2) is 40.8 Å². The van der Waals surface area contributed by atoms with Crippen LogP contribution in [0.4, 0.5) is 5.82 Å². The maximum Gasteiger partial charge on any atom is 0.161 e. The van der Waals surface area contributed by atoms with Crippen molar-refractivity contribution in [1.82, 2.24) is 15.0 Å². The van der Waals surface area contributed by atoms with Gasteiger partial charge >= 0.3 is 0 Å². The normalized spacial score (nSPS) is 20.5. The van der Waals surface area contributed by atoms with Gasteiger partial charge in [0.2, 0.25) is 0 Å². The van der Waals surface area contributed by atoms with Crippen LogP contribution in [0.25, 0.3) is 11.4 Å². The first-order valence-electron chi connectivity index (χ1n) is 8.71. The highest BCUT2D eigenvalue weighted by Gasteiger charge is 2.41. The average Bonchev–Trinajstić information content (AvgIpc) is 2.99. The Morgan fingerprint density at radius 2 is 2.04 bits per heavy atom. The summed E-state index contributed by atoms with van der Waals surface area (Å²) >= 11 is 0. The largest absolute Gasteiger partial charge is 0.382 e. The first-order valence-corrected chi connectivity index (χ1v) is 8.71. The lowest BCUT2D eigenvalue weighted by Crippen LogP contribution is -2.48. The predicted molar refractivity (Wildman–Crippen MR) is 96.1 cm³/mol. The van der Waals surface area contributed by atoms with Gasteiger partial charge in [-0.3, -0.25) is 4.98 Å². The Labute approximate surface area is 144 Å². The number of methoxy groups -OCH3 is 1. The van der Waals surface area contributed by atoms with Gasteiger partial charge in [0.25, 0.3) is 0 Å². The summed E-state index contributed by atoms with van der Waals surface area (Å²) in [7, 11) is 1.79. The Kier molecular flexibility index (Phi) is 5.09. The van der Waals surface area contributed by atoms with Crippen molar-refractivity contribution in [2.75, 3.05) is 25.2 Å². The van der Waals surface area contributed by atoms with Gasteiger partial charge in [0.1, 0.15) is 5.82 Å².